The molecule has 0 radical (unpaired) electrons. The van der Waals surface area contributed by atoms with Crippen LogP contribution in [0.4, 0.5) is 0 Å². The second-order valence-electron chi connectivity index (χ2n) is 7.12. The molecule has 4 fully saturated rings. The molecule has 4 bridgehead atoms. The predicted octanol–water partition coefficient (Wildman–Crippen LogP) is 3.63. The van der Waals surface area contributed by atoms with Gasteiger partial charge in [-0.05, 0) is 67.6 Å². The van der Waals surface area contributed by atoms with Crippen LogP contribution in [-0.4, -0.2) is 11.7 Å². The van der Waals surface area contributed by atoms with E-state index in [9.17, 15) is 0 Å². The van der Waals surface area contributed by atoms with Crippen LogP contribution in [0.25, 0.3) is 0 Å². The lowest BCUT2D eigenvalue weighted by Crippen LogP contribution is -2.40. The second-order valence-corrected chi connectivity index (χ2v) is 7.12. The van der Waals surface area contributed by atoms with Crippen LogP contribution < -0.4 is 0 Å². The van der Waals surface area contributed by atoms with E-state index in [1.54, 1.807) is 0 Å². The van der Waals surface area contributed by atoms with Gasteiger partial charge in [0, 0.05) is 0 Å². The first-order valence-electron chi connectivity index (χ1n) is 7.34. The Balaban J connectivity index is 1.65. The third kappa shape index (κ3) is 1.62. The first-order chi connectivity index (χ1) is 8.08. The summed E-state index contributed by atoms with van der Waals surface area (Å²) in [6.45, 7) is 7.30. The molecule has 0 amide bonds. The van der Waals surface area contributed by atoms with Gasteiger partial charge in [-0.2, -0.15) is 0 Å². The summed E-state index contributed by atoms with van der Waals surface area (Å²) < 4.78 is 0. The maximum absolute atomic E-state index is 9.03. The van der Waals surface area contributed by atoms with Crippen molar-refractivity contribution in [2.45, 2.75) is 46.5 Å². The number of aliphatic hydroxyl groups is 1. The van der Waals surface area contributed by atoms with E-state index in [1.165, 1.54) is 19.3 Å². The first-order valence-corrected chi connectivity index (χ1v) is 7.34. The lowest BCUT2D eigenvalue weighted by molar-refractivity contribution is 0.0137. The van der Waals surface area contributed by atoms with Gasteiger partial charge in [-0.3, -0.25) is 0 Å². The van der Waals surface area contributed by atoms with E-state index in [4.69, 9.17) is 5.11 Å². The molecular weight excluding hydrogens is 208 g/mol. The van der Waals surface area contributed by atoms with Crippen molar-refractivity contribution < 1.29 is 5.11 Å². The van der Waals surface area contributed by atoms with E-state index in [2.05, 4.69) is 19.9 Å². The molecule has 1 N–H and O–H groups in total. The molecule has 0 spiro atoms. The molecule has 4 rings (SSSR count). The zero-order chi connectivity index (χ0) is 12.2. The summed E-state index contributed by atoms with van der Waals surface area (Å²) >= 11 is 0. The largest absolute Gasteiger partial charge is 0.392 e. The van der Waals surface area contributed by atoms with Crippen molar-refractivity contribution in [3.8, 4) is 0 Å². The normalized spacial score (nSPS) is 51.8. The summed E-state index contributed by atoms with van der Waals surface area (Å²) in [5, 5.41) is 9.03. The Labute approximate surface area is 105 Å². The van der Waals surface area contributed by atoms with Crippen molar-refractivity contribution in [2.75, 3.05) is 6.61 Å². The van der Waals surface area contributed by atoms with Gasteiger partial charge in [-0.25, -0.2) is 0 Å². The number of fused-ring (bicyclic) bond motifs is 1. The van der Waals surface area contributed by atoms with E-state index in [0.29, 0.717) is 5.41 Å². The van der Waals surface area contributed by atoms with Gasteiger partial charge in [-0.15, -0.1) is 0 Å². The van der Waals surface area contributed by atoms with E-state index in [0.717, 1.165) is 41.6 Å². The fraction of sp³-hybridized carbons (Fsp3) is 0.875. The zero-order valence-electron chi connectivity index (χ0n) is 11.4. The lowest BCUT2D eigenvalue weighted by Gasteiger charge is -2.48. The van der Waals surface area contributed by atoms with E-state index in [1.807, 2.05) is 6.92 Å². The maximum atomic E-state index is 9.03. The van der Waals surface area contributed by atoms with Crippen LogP contribution >= 0.6 is 0 Å². The molecule has 0 aromatic heterocycles. The maximum Gasteiger partial charge on any atom is 0.0639 e. The zero-order valence-corrected chi connectivity index (χ0v) is 11.4. The summed E-state index contributed by atoms with van der Waals surface area (Å²) in [4.78, 5) is 0. The molecule has 4 unspecified atom stereocenters. The highest BCUT2D eigenvalue weighted by atomic mass is 16.3. The minimum Gasteiger partial charge on any atom is -0.392 e. The minimum atomic E-state index is 0.225. The molecule has 0 aromatic carbocycles. The molecule has 0 heterocycles. The molecule has 4 aliphatic carbocycles. The Morgan fingerprint density at radius 1 is 1.35 bits per heavy atom. The van der Waals surface area contributed by atoms with Gasteiger partial charge in [0.2, 0.25) is 0 Å². The summed E-state index contributed by atoms with van der Waals surface area (Å²) in [6, 6.07) is 0. The van der Waals surface area contributed by atoms with Crippen molar-refractivity contribution in [1.82, 2.24) is 0 Å². The van der Waals surface area contributed by atoms with E-state index >= 15 is 0 Å². The van der Waals surface area contributed by atoms with Crippen LogP contribution in [0, 0.1) is 35.0 Å². The van der Waals surface area contributed by atoms with E-state index < -0.39 is 0 Å². The SMILES string of the molecule is CC(=CCCC1(C)C2CC3C(C2)C3C1C)CO. The summed E-state index contributed by atoms with van der Waals surface area (Å²) in [6.07, 6.45) is 7.78. The Kier molecular flexibility index (Phi) is 2.66. The summed E-state index contributed by atoms with van der Waals surface area (Å²) in [5.74, 6) is 5.26. The number of aliphatic hydroxyl groups excluding tert-OH is 1. The van der Waals surface area contributed by atoms with Gasteiger partial charge >= 0.3 is 0 Å². The van der Waals surface area contributed by atoms with Crippen molar-refractivity contribution in [1.29, 1.82) is 0 Å². The van der Waals surface area contributed by atoms with Gasteiger partial charge in [0.25, 0.3) is 0 Å². The third-order valence-electron chi connectivity index (χ3n) is 6.49. The average Bonchev–Trinajstić information content (AvgIpc) is 2.82. The first kappa shape index (κ1) is 11.8. The molecule has 4 saturated carbocycles. The van der Waals surface area contributed by atoms with Gasteiger partial charge < -0.3 is 5.11 Å². The molecular formula is C16H26O. The standard InChI is InChI=1S/C16H26O/c1-10(9-17)5-4-6-16(3)11(2)15-13-7-12(16)8-14(13)15/h5,11-15,17H,4,6-9H2,1-3H3. The molecule has 17 heavy (non-hydrogen) atoms. The second kappa shape index (κ2) is 3.85. The highest BCUT2D eigenvalue weighted by molar-refractivity contribution is 5.17. The van der Waals surface area contributed by atoms with Crippen LogP contribution in [0.5, 0.6) is 0 Å². The van der Waals surface area contributed by atoms with Gasteiger partial charge in [-0.1, -0.05) is 25.5 Å². The number of rotatable bonds is 4. The topological polar surface area (TPSA) is 20.2 Å². The fourth-order valence-electron chi connectivity index (χ4n) is 5.11. The van der Waals surface area contributed by atoms with Gasteiger partial charge in [0.1, 0.15) is 0 Å². The predicted molar refractivity (Wildman–Crippen MR) is 70.5 cm³/mol. The Bertz CT molecular complexity index is 329. The molecule has 4 aliphatic rings. The van der Waals surface area contributed by atoms with Crippen molar-refractivity contribution >= 4 is 0 Å². The Morgan fingerprint density at radius 3 is 2.53 bits per heavy atom. The smallest absolute Gasteiger partial charge is 0.0639 e. The van der Waals surface area contributed by atoms with E-state index in [-0.39, 0.29) is 6.61 Å². The highest BCUT2D eigenvalue weighted by Gasteiger charge is 2.68. The number of hydrogen-bond acceptors (Lipinski definition) is 1. The molecule has 0 aromatic rings. The highest BCUT2D eigenvalue weighted by Crippen LogP contribution is 2.74. The molecule has 0 saturated heterocycles. The monoisotopic (exact) mass is 234 g/mol. The van der Waals surface area contributed by atoms with Crippen molar-refractivity contribution in [3.63, 3.8) is 0 Å². The van der Waals surface area contributed by atoms with Gasteiger partial charge in [0.15, 0.2) is 0 Å². The average molecular weight is 234 g/mol. The Morgan fingerprint density at radius 2 is 2.00 bits per heavy atom. The van der Waals surface area contributed by atoms with Crippen LogP contribution in [0.15, 0.2) is 11.6 Å². The molecule has 1 heteroatoms. The van der Waals surface area contributed by atoms with Crippen LogP contribution in [0.3, 0.4) is 0 Å². The van der Waals surface area contributed by atoms with Crippen molar-refractivity contribution in [3.05, 3.63) is 11.6 Å². The van der Waals surface area contributed by atoms with Gasteiger partial charge in [0.05, 0.1) is 6.61 Å². The lowest BCUT2D eigenvalue weighted by atomic mass is 9.57. The Hall–Kier alpha value is -0.300. The number of hydrogen-bond donors (Lipinski definition) is 1. The molecule has 4 atom stereocenters. The van der Waals surface area contributed by atoms with Crippen molar-refractivity contribution in [2.24, 2.45) is 35.0 Å². The fourth-order valence-corrected chi connectivity index (χ4v) is 5.11. The third-order valence-corrected chi connectivity index (χ3v) is 6.49. The summed E-state index contributed by atoms with van der Waals surface area (Å²) in [5.41, 5.74) is 1.72. The number of allylic oxidation sites excluding steroid dienone is 1. The van der Waals surface area contributed by atoms with Crippen LogP contribution in [0.2, 0.25) is 0 Å². The van der Waals surface area contributed by atoms with Crippen LogP contribution in [0.1, 0.15) is 46.5 Å². The molecule has 0 aliphatic heterocycles. The van der Waals surface area contributed by atoms with Crippen LogP contribution in [-0.2, 0) is 0 Å². The molecule has 96 valence electrons. The minimum absolute atomic E-state index is 0.225. The quantitative estimate of drug-likeness (QED) is 0.736. The summed E-state index contributed by atoms with van der Waals surface area (Å²) in [7, 11) is 0. The molecule has 1 nitrogen and oxygen atoms in total.